The molecular formula is C51H76N4O16. The molecule has 0 unspecified atom stereocenters. The molecule has 4 heterocycles. The van der Waals surface area contributed by atoms with E-state index in [1.807, 2.05) is 37.3 Å². The van der Waals surface area contributed by atoms with Gasteiger partial charge in [0, 0.05) is 57.0 Å². The number of aliphatic hydroxyl groups is 10. The number of aliphatic hydroxyl groups excluding tert-OH is 9. The minimum atomic E-state index is -2.26. The molecule has 0 spiro atoms. The summed E-state index contributed by atoms with van der Waals surface area (Å²) in [6, 6.07) is 0.424. The quantitative estimate of drug-likeness (QED) is 0.180. The summed E-state index contributed by atoms with van der Waals surface area (Å²) in [6.07, 6.45) is 9.06. The molecule has 1 aromatic heterocycles. The fourth-order valence-electron chi connectivity index (χ4n) is 8.24. The second kappa shape index (κ2) is 30.5. The molecule has 396 valence electrons. The number of nitrogens with one attached hydrogen (secondary N) is 2. The molecule has 2 saturated heterocycles. The van der Waals surface area contributed by atoms with Gasteiger partial charge in [0.1, 0.15) is 12.2 Å². The molecule has 2 amide bonds. The number of esters is 1. The number of fused-ring (bicyclic) bond motifs is 2. The Kier molecular flexibility index (Phi) is 25.4. The molecule has 14 N–H and O–H groups in total. The van der Waals surface area contributed by atoms with Gasteiger partial charge < -0.3 is 86.4 Å². The number of cyclic esters (lactones) is 1. The van der Waals surface area contributed by atoms with Gasteiger partial charge >= 0.3 is 12.0 Å². The summed E-state index contributed by atoms with van der Waals surface area (Å²) in [7, 11) is 0. The van der Waals surface area contributed by atoms with Crippen LogP contribution in [0.2, 0.25) is 0 Å². The normalized spacial score (nSPS) is 40.4. The van der Waals surface area contributed by atoms with Gasteiger partial charge in [-0.25, -0.2) is 4.79 Å². The minimum Gasteiger partial charge on any atom is -0.462 e. The van der Waals surface area contributed by atoms with Crippen LogP contribution in [0.15, 0.2) is 110 Å². The average Bonchev–Trinajstić information content (AvgIpc) is 3.30. The first-order valence-corrected chi connectivity index (χ1v) is 24.2. The zero-order valence-corrected chi connectivity index (χ0v) is 40.4. The summed E-state index contributed by atoms with van der Waals surface area (Å²) in [6.45, 7) is 3.32. The molecule has 1 aromatic rings. The van der Waals surface area contributed by atoms with Gasteiger partial charge in [0.15, 0.2) is 12.1 Å². The molecule has 0 aliphatic carbocycles. The van der Waals surface area contributed by atoms with E-state index < -0.39 is 135 Å². The van der Waals surface area contributed by atoms with Crippen molar-refractivity contribution < 1.29 is 79.6 Å². The molecule has 17 atom stereocenters. The van der Waals surface area contributed by atoms with Crippen LogP contribution in [-0.4, -0.2) is 172 Å². The van der Waals surface area contributed by atoms with E-state index in [-0.39, 0.29) is 51.2 Å². The molecule has 2 fully saturated rings. The van der Waals surface area contributed by atoms with Crippen molar-refractivity contribution in [3.63, 3.8) is 0 Å². The largest absolute Gasteiger partial charge is 0.462 e. The summed E-state index contributed by atoms with van der Waals surface area (Å²) in [5, 5.41) is 115. The summed E-state index contributed by atoms with van der Waals surface area (Å²) in [4.78, 5) is 29.8. The number of carbonyl (C=O) groups is 2. The van der Waals surface area contributed by atoms with Crippen molar-refractivity contribution in [3.8, 4) is 0 Å². The molecule has 0 aromatic carbocycles. The van der Waals surface area contributed by atoms with E-state index in [9.17, 15) is 60.7 Å². The molecule has 71 heavy (non-hydrogen) atoms. The van der Waals surface area contributed by atoms with Crippen LogP contribution in [0.25, 0.3) is 0 Å². The second-order valence-electron chi connectivity index (χ2n) is 18.5. The van der Waals surface area contributed by atoms with Gasteiger partial charge in [-0.1, -0.05) is 92.0 Å². The summed E-state index contributed by atoms with van der Waals surface area (Å²) in [5.41, 5.74) is 6.77. The number of hydrogen-bond acceptors (Lipinski definition) is 18. The van der Waals surface area contributed by atoms with Crippen molar-refractivity contribution in [1.29, 1.82) is 0 Å². The number of rotatable bonds is 5. The van der Waals surface area contributed by atoms with Gasteiger partial charge in [0.05, 0.1) is 86.2 Å². The molecule has 2 bridgehead atoms. The average molecular weight is 1000 g/mol. The third-order valence-electron chi connectivity index (χ3n) is 12.3. The number of nitrogens with zero attached hydrogens (tertiary/aromatic N) is 1. The third-order valence-corrected chi connectivity index (χ3v) is 12.3. The van der Waals surface area contributed by atoms with E-state index in [2.05, 4.69) is 15.6 Å². The summed E-state index contributed by atoms with van der Waals surface area (Å²) >= 11 is 0. The molecule has 0 radical (unpaired) electrons. The highest BCUT2D eigenvalue weighted by Gasteiger charge is 2.48. The maximum atomic E-state index is 13.3. The fourth-order valence-corrected chi connectivity index (χ4v) is 8.24. The summed E-state index contributed by atoms with van der Waals surface area (Å²) < 4.78 is 23.4. The number of hydrogen-bond donors (Lipinski definition) is 13. The van der Waals surface area contributed by atoms with Crippen molar-refractivity contribution in [2.75, 3.05) is 6.61 Å². The zero-order valence-electron chi connectivity index (χ0n) is 40.4. The van der Waals surface area contributed by atoms with Crippen molar-refractivity contribution in [2.24, 2.45) is 11.7 Å². The van der Waals surface area contributed by atoms with E-state index in [1.54, 1.807) is 86.1 Å². The molecule has 0 saturated carbocycles. The van der Waals surface area contributed by atoms with E-state index >= 15 is 0 Å². The van der Waals surface area contributed by atoms with Crippen LogP contribution in [0.4, 0.5) is 4.79 Å². The van der Waals surface area contributed by atoms with Crippen LogP contribution >= 0.6 is 0 Å². The van der Waals surface area contributed by atoms with Gasteiger partial charge in [-0.15, -0.1) is 0 Å². The lowest BCUT2D eigenvalue weighted by molar-refractivity contribution is -0.299. The van der Waals surface area contributed by atoms with Gasteiger partial charge in [0.2, 0.25) is 0 Å². The SMILES string of the molecule is C[C@H]1C[C@H](O)[C@@H](C)/C=C/C=C/C=C/C=C/C=C/C=C/C=C/[C@H](O[C@@H]2OC[C@@H](O)[C@H](N)[C@@H]2O)C[C@@H]2O[C@](O)(C[C@@H](O)C[C@@H](O)[C@H](O)CC[C@@H](O)C[C@@H](O)CC(=O)O1)C[C@H](O)[C@H]2NC(=O)NCc1ccncc1. The predicted octanol–water partition coefficient (Wildman–Crippen LogP) is 0.639. The van der Waals surface area contributed by atoms with Gasteiger partial charge in [-0.05, 0) is 43.9 Å². The Morgan fingerprint density at radius 3 is 2.00 bits per heavy atom. The Morgan fingerprint density at radius 1 is 0.732 bits per heavy atom. The number of pyridine rings is 1. The topological polar surface area (TPSA) is 336 Å². The minimum absolute atomic E-state index is 0.0952. The number of urea groups is 1. The van der Waals surface area contributed by atoms with Gasteiger partial charge in [-0.2, -0.15) is 0 Å². The number of nitrogens with two attached hydrogens (primary N) is 1. The van der Waals surface area contributed by atoms with Crippen LogP contribution in [0.1, 0.15) is 77.2 Å². The Labute approximate surface area is 415 Å². The van der Waals surface area contributed by atoms with Crippen molar-refractivity contribution in [2.45, 2.75) is 176 Å². The first-order chi connectivity index (χ1) is 33.8. The third kappa shape index (κ3) is 21.6. The highest BCUT2D eigenvalue weighted by atomic mass is 16.7. The van der Waals surface area contributed by atoms with Crippen LogP contribution in [0, 0.1) is 5.92 Å². The Balaban J connectivity index is 1.57. The van der Waals surface area contributed by atoms with Crippen molar-refractivity contribution in [3.05, 3.63) is 115 Å². The van der Waals surface area contributed by atoms with Crippen LogP contribution in [-0.2, 0) is 30.3 Å². The highest BCUT2D eigenvalue weighted by Crippen LogP contribution is 2.35. The van der Waals surface area contributed by atoms with Crippen LogP contribution < -0.4 is 16.4 Å². The van der Waals surface area contributed by atoms with Crippen molar-refractivity contribution >= 4 is 12.0 Å². The van der Waals surface area contributed by atoms with Gasteiger partial charge in [0.25, 0.3) is 0 Å². The smallest absolute Gasteiger partial charge is 0.315 e. The molecule has 3 aliphatic heterocycles. The number of allylic oxidation sites excluding steroid dienone is 12. The lowest BCUT2D eigenvalue weighted by atomic mass is 9.87. The predicted molar refractivity (Wildman–Crippen MR) is 260 cm³/mol. The Bertz CT molecular complexity index is 1950. The number of amides is 2. The number of carbonyl (C=O) groups excluding carboxylic acids is 2. The van der Waals surface area contributed by atoms with Crippen LogP contribution in [0.3, 0.4) is 0 Å². The summed E-state index contributed by atoms with van der Waals surface area (Å²) in [5.74, 6) is -3.24. The van der Waals surface area contributed by atoms with E-state index in [1.165, 1.54) is 0 Å². The standard InChI is InChI=1S/C51H76N4O16/c1-32-15-13-11-9-7-5-3-4-6-8-10-12-14-16-38(70-49-48(65)46(52)43(63)31-68-49)27-44-47(55-50(66)54-30-34-19-21-53-22-20-34)42(62)29-51(67,71-44)28-37(58)25-41(61)39(59)18-17-35(56)24-36(57)26-45(64)69-33(2)23-40(32)60/h3-16,19-22,32-33,35-44,46-49,56-63,65,67H,17-18,23-31,52H2,1-2H3,(H2,54,55,66)/b4-3+,7-5+,8-6+,11-9+,12-10+,15-13+,16-14+/t32-,33-,35+,36+,37-,38-,39+,40-,41+,42-,43+,44-,46-,47+,48-,49-,51+/m0/s1. The first-order valence-electron chi connectivity index (χ1n) is 24.2. The lowest BCUT2D eigenvalue weighted by Gasteiger charge is -2.46. The van der Waals surface area contributed by atoms with Crippen LogP contribution in [0.5, 0.6) is 0 Å². The molecule has 20 heteroatoms. The van der Waals surface area contributed by atoms with E-state index in [0.717, 1.165) is 5.56 Å². The molecule has 3 aliphatic rings. The maximum Gasteiger partial charge on any atom is 0.315 e. The monoisotopic (exact) mass is 1000 g/mol. The van der Waals surface area contributed by atoms with Gasteiger partial charge in [-0.3, -0.25) is 9.78 Å². The molecule has 20 nitrogen and oxygen atoms in total. The Hall–Kier alpha value is -4.49. The number of ether oxygens (including phenoxy) is 4. The number of aromatic nitrogens is 1. The van der Waals surface area contributed by atoms with E-state index in [0.29, 0.717) is 0 Å². The fraction of sp³-hybridized carbons (Fsp3) is 0.588. The molecule has 4 rings (SSSR count). The maximum absolute atomic E-state index is 13.3. The molecular weight excluding hydrogens is 925 g/mol. The van der Waals surface area contributed by atoms with Crippen molar-refractivity contribution in [1.82, 2.24) is 15.6 Å². The lowest BCUT2D eigenvalue weighted by Crippen LogP contribution is -2.63. The highest BCUT2D eigenvalue weighted by molar-refractivity contribution is 5.74. The second-order valence-corrected chi connectivity index (χ2v) is 18.5. The first kappa shape index (κ1) is 59.1. The zero-order chi connectivity index (χ0) is 51.9. The van der Waals surface area contributed by atoms with E-state index in [4.69, 9.17) is 24.7 Å². The Morgan fingerprint density at radius 2 is 1.35 bits per heavy atom.